The van der Waals surface area contributed by atoms with Crippen molar-refractivity contribution < 1.29 is 19.1 Å². The Morgan fingerprint density at radius 2 is 1.85 bits per heavy atom. The summed E-state index contributed by atoms with van der Waals surface area (Å²) in [5.41, 5.74) is 11.7. The third-order valence-corrected chi connectivity index (χ3v) is 3.68. The number of benzene rings is 1. The van der Waals surface area contributed by atoms with Crippen LogP contribution in [0.25, 0.3) is 0 Å². The molecule has 144 valence electrons. The van der Waals surface area contributed by atoms with E-state index in [0.717, 1.165) is 5.56 Å². The number of hydrogen-bond donors (Lipinski definition) is 3. The number of amides is 1. The van der Waals surface area contributed by atoms with Gasteiger partial charge in [0, 0.05) is 12.5 Å². The molecule has 0 heterocycles. The van der Waals surface area contributed by atoms with Gasteiger partial charge in [-0.15, -0.1) is 0 Å². The van der Waals surface area contributed by atoms with Gasteiger partial charge in [-0.05, 0) is 39.2 Å². The van der Waals surface area contributed by atoms with E-state index in [-0.39, 0.29) is 13.0 Å². The van der Waals surface area contributed by atoms with Crippen molar-refractivity contribution in [2.24, 2.45) is 17.4 Å². The van der Waals surface area contributed by atoms with Gasteiger partial charge in [-0.2, -0.15) is 0 Å². The molecule has 0 saturated carbocycles. The zero-order valence-corrected chi connectivity index (χ0v) is 15.6. The lowest BCUT2D eigenvalue weighted by molar-refractivity contribution is -0.159. The Labute approximate surface area is 154 Å². The number of ether oxygens (including phenoxy) is 1. The van der Waals surface area contributed by atoms with Gasteiger partial charge in [-0.25, -0.2) is 4.79 Å². The van der Waals surface area contributed by atoms with Gasteiger partial charge in [0.15, 0.2) is 0 Å². The molecule has 7 heteroatoms. The van der Waals surface area contributed by atoms with Crippen LogP contribution in [0.1, 0.15) is 32.8 Å². The van der Waals surface area contributed by atoms with Gasteiger partial charge in [-0.1, -0.05) is 30.3 Å². The van der Waals surface area contributed by atoms with Crippen LogP contribution in [-0.4, -0.2) is 42.4 Å². The Balaban J connectivity index is 2.80. The highest BCUT2D eigenvalue weighted by Gasteiger charge is 2.30. The molecule has 0 spiro atoms. The van der Waals surface area contributed by atoms with E-state index >= 15 is 0 Å². The summed E-state index contributed by atoms with van der Waals surface area (Å²) in [7, 11) is 0. The number of esters is 1. The summed E-state index contributed by atoms with van der Waals surface area (Å²) in [5, 5.41) is 2.61. The van der Waals surface area contributed by atoms with Gasteiger partial charge < -0.3 is 26.3 Å². The summed E-state index contributed by atoms with van der Waals surface area (Å²) in [6, 6.07) is 7.53. The Hall–Kier alpha value is -2.25. The van der Waals surface area contributed by atoms with Crippen LogP contribution in [0, 0.1) is 5.92 Å². The number of carbonyl (C=O) groups excluding carboxylic acids is 3. The lowest BCUT2D eigenvalue weighted by Crippen LogP contribution is -2.51. The first-order chi connectivity index (χ1) is 12.2. The number of nitrogens with two attached hydrogens (primary N) is 2. The van der Waals surface area contributed by atoms with E-state index in [2.05, 4.69) is 5.32 Å². The minimum atomic E-state index is -0.984. The lowest BCUT2D eigenvalue weighted by atomic mass is 10.00. The first kappa shape index (κ1) is 21.8. The Bertz CT molecular complexity index is 599. The van der Waals surface area contributed by atoms with Crippen molar-refractivity contribution in [3.05, 3.63) is 35.9 Å². The van der Waals surface area contributed by atoms with Crippen molar-refractivity contribution in [2.75, 3.05) is 6.54 Å². The fourth-order valence-corrected chi connectivity index (χ4v) is 2.34. The smallest absolute Gasteiger partial charge is 0.329 e. The van der Waals surface area contributed by atoms with Gasteiger partial charge >= 0.3 is 5.97 Å². The quantitative estimate of drug-likeness (QED) is 0.435. The maximum Gasteiger partial charge on any atom is 0.329 e. The summed E-state index contributed by atoms with van der Waals surface area (Å²) in [4.78, 5) is 35.9. The minimum Gasteiger partial charge on any atom is -0.458 e. The molecule has 0 aromatic heterocycles. The normalized spacial score (nSPS) is 14.8. The van der Waals surface area contributed by atoms with E-state index in [4.69, 9.17) is 16.2 Å². The third kappa shape index (κ3) is 7.76. The van der Waals surface area contributed by atoms with E-state index in [1.165, 1.54) is 0 Å². The fraction of sp³-hybridized carbons (Fsp3) is 0.526. The number of carbonyl (C=O) groups is 3. The van der Waals surface area contributed by atoms with Gasteiger partial charge in [-0.3, -0.25) is 4.79 Å². The van der Waals surface area contributed by atoms with Crippen molar-refractivity contribution in [2.45, 2.75) is 51.3 Å². The van der Waals surface area contributed by atoms with Crippen LogP contribution in [-0.2, 0) is 25.5 Å². The summed E-state index contributed by atoms with van der Waals surface area (Å²) in [5.74, 6) is -1.65. The van der Waals surface area contributed by atoms with Crippen molar-refractivity contribution in [3.63, 3.8) is 0 Å². The van der Waals surface area contributed by atoms with E-state index in [9.17, 15) is 14.4 Å². The van der Waals surface area contributed by atoms with Crippen molar-refractivity contribution in [1.82, 2.24) is 5.32 Å². The van der Waals surface area contributed by atoms with Crippen LogP contribution in [0.15, 0.2) is 30.3 Å². The molecule has 5 N–H and O–H groups in total. The highest BCUT2D eigenvalue weighted by atomic mass is 16.6. The molecule has 1 rings (SSSR count). The van der Waals surface area contributed by atoms with Crippen LogP contribution in [0.4, 0.5) is 0 Å². The summed E-state index contributed by atoms with van der Waals surface area (Å²) in [6.07, 6.45) is 1.08. The highest BCUT2D eigenvalue weighted by Crippen LogP contribution is 2.13. The molecule has 26 heavy (non-hydrogen) atoms. The Kier molecular flexibility index (Phi) is 8.41. The molecule has 0 aliphatic rings. The standard InChI is InChI=1S/C19H29N3O4/c1-19(2,3)26-18(25)16(10-14(11-20)12-23)22-17(24)15(21)9-13-7-5-4-6-8-13/h4-8,12,14-16H,9-11,20-21H2,1-3H3,(H,22,24)/t14?,15-,16-/m0/s1. The number of hydrogen-bond acceptors (Lipinski definition) is 6. The van der Waals surface area contributed by atoms with Crippen LogP contribution in [0.3, 0.4) is 0 Å². The SMILES string of the molecule is CC(C)(C)OC(=O)[C@H](CC(C=O)CN)NC(=O)[C@@H](N)Cc1ccccc1. The first-order valence-corrected chi connectivity index (χ1v) is 8.64. The molecule has 1 aromatic rings. The zero-order chi connectivity index (χ0) is 19.7. The average molecular weight is 363 g/mol. The van der Waals surface area contributed by atoms with Crippen LogP contribution in [0.2, 0.25) is 0 Å². The average Bonchev–Trinajstić information content (AvgIpc) is 2.57. The van der Waals surface area contributed by atoms with Crippen LogP contribution >= 0.6 is 0 Å². The largest absolute Gasteiger partial charge is 0.458 e. The van der Waals surface area contributed by atoms with Gasteiger partial charge in [0.1, 0.15) is 17.9 Å². The van der Waals surface area contributed by atoms with Gasteiger partial charge in [0.2, 0.25) is 5.91 Å². The summed E-state index contributed by atoms with van der Waals surface area (Å²) < 4.78 is 5.34. The van der Waals surface area contributed by atoms with Crippen molar-refractivity contribution in [1.29, 1.82) is 0 Å². The molecule has 1 aromatic carbocycles. The molecule has 0 aliphatic heterocycles. The number of nitrogens with one attached hydrogen (secondary N) is 1. The maximum atomic E-state index is 12.4. The Morgan fingerprint density at radius 3 is 2.35 bits per heavy atom. The first-order valence-electron chi connectivity index (χ1n) is 8.64. The monoisotopic (exact) mass is 363 g/mol. The van der Waals surface area contributed by atoms with Gasteiger partial charge in [0.05, 0.1) is 6.04 Å². The predicted octanol–water partition coefficient (Wildman–Crippen LogP) is 0.547. The minimum absolute atomic E-state index is 0.0682. The molecule has 0 radical (unpaired) electrons. The zero-order valence-electron chi connectivity index (χ0n) is 15.6. The molecule has 0 aliphatic carbocycles. The second-order valence-corrected chi connectivity index (χ2v) is 7.26. The molecular weight excluding hydrogens is 334 g/mol. The molecule has 3 atom stereocenters. The topological polar surface area (TPSA) is 125 Å². The van der Waals surface area contributed by atoms with Crippen LogP contribution in [0.5, 0.6) is 0 Å². The summed E-state index contributed by atoms with van der Waals surface area (Å²) in [6.45, 7) is 5.26. The number of rotatable bonds is 9. The highest BCUT2D eigenvalue weighted by molar-refractivity contribution is 5.88. The van der Waals surface area contributed by atoms with Crippen LogP contribution < -0.4 is 16.8 Å². The second-order valence-electron chi connectivity index (χ2n) is 7.26. The second kappa shape index (κ2) is 10.0. The lowest BCUT2D eigenvalue weighted by Gasteiger charge is -2.26. The fourth-order valence-electron chi connectivity index (χ4n) is 2.34. The molecule has 1 amide bonds. The maximum absolute atomic E-state index is 12.4. The Morgan fingerprint density at radius 1 is 1.23 bits per heavy atom. The third-order valence-electron chi connectivity index (χ3n) is 3.68. The molecule has 0 bridgehead atoms. The molecule has 0 saturated heterocycles. The van der Waals surface area contributed by atoms with E-state index in [0.29, 0.717) is 12.7 Å². The number of aldehydes is 1. The van der Waals surface area contributed by atoms with Gasteiger partial charge in [0.25, 0.3) is 0 Å². The molecular formula is C19H29N3O4. The molecule has 0 fully saturated rings. The van der Waals surface area contributed by atoms with Crippen molar-refractivity contribution in [3.8, 4) is 0 Å². The van der Waals surface area contributed by atoms with Crippen molar-refractivity contribution >= 4 is 18.2 Å². The molecule has 1 unspecified atom stereocenters. The molecule has 7 nitrogen and oxygen atoms in total. The van der Waals surface area contributed by atoms with E-state index < -0.39 is 35.5 Å². The van der Waals surface area contributed by atoms with E-state index in [1.807, 2.05) is 30.3 Å². The predicted molar refractivity (Wildman–Crippen MR) is 99.1 cm³/mol. The summed E-state index contributed by atoms with van der Waals surface area (Å²) >= 11 is 0. The van der Waals surface area contributed by atoms with E-state index in [1.54, 1.807) is 20.8 Å².